The molecule has 2 aromatic rings. The number of hydrogen-bond acceptors (Lipinski definition) is 4. The molecule has 0 N–H and O–H groups in total. The van der Waals surface area contributed by atoms with Crippen molar-refractivity contribution in [2.75, 3.05) is 0 Å². The van der Waals surface area contributed by atoms with Crippen LogP contribution in [0.4, 0.5) is 0 Å². The van der Waals surface area contributed by atoms with E-state index in [2.05, 4.69) is 13.8 Å². The van der Waals surface area contributed by atoms with Crippen LogP contribution in [-0.2, 0) is 19.7 Å². The Morgan fingerprint density at radius 2 is 1.76 bits per heavy atom. The van der Waals surface area contributed by atoms with Gasteiger partial charge in [0.1, 0.15) is 0 Å². The van der Waals surface area contributed by atoms with E-state index in [1.54, 1.807) is 30.3 Å². The van der Waals surface area contributed by atoms with Crippen molar-refractivity contribution in [1.82, 2.24) is 0 Å². The van der Waals surface area contributed by atoms with E-state index in [-0.39, 0.29) is 17.5 Å². The summed E-state index contributed by atoms with van der Waals surface area (Å²) >= 11 is 0. The SMILES string of the molecule is CC(C)OC(=O)C1=CCC(C)(C)c2ccc(/C=C/OC(=O)c3ccccc3)cc21. The molecule has 4 nitrogen and oxygen atoms in total. The van der Waals surface area contributed by atoms with E-state index in [4.69, 9.17) is 9.47 Å². The molecule has 0 atom stereocenters. The van der Waals surface area contributed by atoms with Gasteiger partial charge in [0.15, 0.2) is 0 Å². The van der Waals surface area contributed by atoms with Gasteiger partial charge in [-0.05, 0) is 66.6 Å². The van der Waals surface area contributed by atoms with Gasteiger partial charge < -0.3 is 9.47 Å². The minimum atomic E-state index is -0.415. The molecule has 0 aromatic heterocycles. The highest BCUT2D eigenvalue weighted by Gasteiger charge is 2.31. The van der Waals surface area contributed by atoms with Crippen molar-refractivity contribution in [2.45, 2.75) is 45.6 Å². The summed E-state index contributed by atoms with van der Waals surface area (Å²) < 4.78 is 10.6. The Bertz CT molecular complexity index is 966. The van der Waals surface area contributed by atoms with Crippen LogP contribution in [0.15, 0.2) is 60.9 Å². The maximum atomic E-state index is 12.6. The predicted octanol–water partition coefficient (Wildman–Crippen LogP) is 5.53. The van der Waals surface area contributed by atoms with Gasteiger partial charge >= 0.3 is 11.9 Å². The zero-order valence-corrected chi connectivity index (χ0v) is 17.3. The first-order chi connectivity index (χ1) is 13.8. The molecule has 0 amide bonds. The third-order valence-electron chi connectivity index (χ3n) is 4.89. The van der Waals surface area contributed by atoms with Crippen molar-refractivity contribution in [2.24, 2.45) is 0 Å². The second kappa shape index (κ2) is 8.48. The monoisotopic (exact) mass is 390 g/mol. The van der Waals surface area contributed by atoms with Crippen molar-refractivity contribution in [3.05, 3.63) is 83.1 Å². The number of allylic oxidation sites excluding steroid dienone is 1. The summed E-state index contributed by atoms with van der Waals surface area (Å²) in [6.45, 7) is 7.99. The number of rotatable bonds is 5. The van der Waals surface area contributed by atoms with Gasteiger partial charge in [-0.15, -0.1) is 0 Å². The number of carbonyl (C=O) groups excluding carboxylic acids is 2. The van der Waals surface area contributed by atoms with E-state index in [1.807, 2.05) is 44.2 Å². The van der Waals surface area contributed by atoms with Crippen LogP contribution in [0, 0.1) is 0 Å². The number of esters is 2. The fourth-order valence-electron chi connectivity index (χ4n) is 3.34. The molecule has 0 saturated carbocycles. The summed E-state index contributed by atoms with van der Waals surface area (Å²) in [4.78, 5) is 24.6. The topological polar surface area (TPSA) is 52.6 Å². The van der Waals surface area contributed by atoms with Crippen molar-refractivity contribution in [3.63, 3.8) is 0 Å². The fraction of sp³-hybridized carbons (Fsp3) is 0.280. The smallest absolute Gasteiger partial charge is 0.342 e. The van der Waals surface area contributed by atoms with Gasteiger partial charge in [-0.25, -0.2) is 9.59 Å². The second-order valence-corrected chi connectivity index (χ2v) is 8.04. The maximum absolute atomic E-state index is 12.6. The molecule has 0 unspecified atom stereocenters. The van der Waals surface area contributed by atoms with Gasteiger partial charge in [0.2, 0.25) is 0 Å². The molecule has 2 aromatic carbocycles. The molecule has 0 radical (unpaired) electrons. The van der Waals surface area contributed by atoms with Crippen LogP contribution >= 0.6 is 0 Å². The average molecular weight is 390 g/mol. The lowest BCUT2D eigenvalue weighted by Gasteiger charge is -2.31. The number of hydrogen-bond donors (Lipinski definition) is 0. The van der Waals surface area contributed by atoms with E-state index in [1.165, 1.54) is 6.26 Å². The molecule has 0 heterocycles. The molecular weight excluding hydrogens is 364 g/mol. The Kier molecular flexibility index (Phi) is 6.02. The van der Waals surface area contributed by atoms with Gasteiger partial charge in [-0.2, -0.15) is 0 Å². The standard InChI is InChI=1S/C25H26O4/c1-17(2)29-24(27)20-12-14-25(3,4)22-11-10-18(16-21(20)22)13-15-28-23(26)19-8-6-5-7-9-19/h5-13,15-17H,14H2,1-4H3/b15-13+. The first kappa shape index (κ1) is 20.6. The average Bonchev–Trinajstić information content (AvgIpc) is 2.68. The van der Waals surface area contributed by atoms with Crippen molar-refractivity contribution in [1.29, 1.82) is 0 Å². The van der Waals surface area contributed by atoms with Crippen LogP contribution in [0.5, 0.6) is 0 Å². The molecule has 1 aliphatic carbocycles. The summed E-state index contributed by atoms with van der Waals surface area (Å²) in [7, 11) is 0. The van der Waals surface area contributed by atoms with E-state index in [9.17, 15) is 9.59 Å². The number of fused-ring (bicyclic) bond motifs is 1. The van der Waals surface area contributed by atoms with Gasteiger partial charge in [-0.3, -0.25) is 0 Å². The van der Waals surface area contributed by atoms with Gasteiger partial charge in [0.25, 0.3) is 0 Å². The van der Waals surface area contributed by atoms with Crippen molar-refractivity contribution < 1.29 is 19.1 Å². The molecule has 0 bridgehead atoms. The summed E-state index contributed by atoms with van der Waals surface area (Å²) in [6, 6.07) is 14.8. The molecular formula is C25H26O4. The van der Waals surface area contributed by atoms with E-state index < -0.39 is 5.97 Å². The zero-order chi connectivity index (χ0) is 21.0. The largest absolute Gasteiger partial charge is 0.459 e. The molecule has 0 fully saturated rings. The van der Waals surface area contributed by atoms with Crippen LogP contribution in [0.2, 0.25) is 0 Å². The normalized spacial score (nSPS) is 15.0. The van der Waals surface area contributed by atoms with Gasteiger partial charge in [0.05, 0.1) is 23.5 Å². The Balaban J connectivity index is 1.83. The Hall–Kier alpha value is -3.14. The number of ether oxygens (including phenoxy) is 2. The van der Waals surface area contributed by atoms with Crippen LogP contribution in [0.3, 0.4) is 0 Å². The summed E-state index contributed by atoms with van der Waals surface area (Å²) in [5.41, 5.74) is 3.82. The molecule has 0 saturated heterocycles. The minimum absolute atomic E-state index is 0.0705. The molecule has 29 heavy (non-hydrogen) atoms. The quantitative estimate of drug-likeness (QED) is 0.497. The molecule has 150 valence electrons. The lowest BCUT2D eigenvalue weighted by atomic mass is 9.73. The lowest BCUT2D eigenvalue weighted by Crippen LogP contribution is -2.25. The molecule has 0 spiro atoms. The molecule has 3 rings (SSSR count). The molecule has 0 aliphatic heterocycles. The maximum Gasteiger partial charge on any atom is 0.342 e. The minimum Gasteiger partial charge on any atom is -0.459 e. The van der Waals surface area contributed by atoms with Gasteiger partial charge in [0, 0.05) is 0 Å². The lowest BCUT2D eigenvalue weighted by molar-refractivity contribution is -0.140. The van der Waals surface area contributed by atoms with E-state index in [0.29, 0.717) is 11.1 Å². The third kappa shape index (κ3) is 4.83. The van der Waals surface area contributed by atoms with Crippen LogP contribution in [0.25, 0.3) is 11.6 Å². The van der Waals surface area contributed by atoms with E-state index >= 15 is 0 Å². The van der Waals surface area contributed by atoms with Crippen molar-refractivity contribution in [3.8, 4) is 0 Å². The first-order valence-electron chi connectivity index (χ1n) is 9.76. The highest BCUT2D eigenvalue weighted by atomic mass is 16.5. The zero-order valence-electron chi connectivity index (χ0n) is 17.3. The third-order valence-corrected chi connectivity index (χ3v) is 4.89. The molecule has 4 heteroatoms. The summed E-state index contributed by atoms with van der Waals surface area (Å²) in [5, 5.41) is 0. The summed E-state index contributed by atoms with van der Waals surface area (Å²) in [5.74, 6) is -0.726. The van der Waals surface area contributed by atoms with Crippen LogP contribution < -0.4 is 0 Å². The highest BCUT2D eigenvalue weighted by molar-refractivity contribution is 6.17. The second-order valence-electron chi connectivity index (χ2n) is 8.04. The summed E-state index contributed by atoms with van der Waals surface area (Å²) in [6.07, 6.45) is 5.64. The Labute approximate surface area is 171 Å². The number of carbonyl (C=O) groups is 2. The van der Waals surface area contributed by atoms with Crippen molar-refractivity contribution >= 4 is 23.6 Å². The van der Waals surface area contributed by atoms with Crippen LogP contribution in [-0.4, -0.2) is 18.0 Å². The first-order valence-corrected chi connectivity index (χ1v) is 9.76. The Morgan fingerprint density at radius 3 is 2.45 bits per heavy atom. The van der Waals surface area contributed by atoms with Gasteiger partial charge in [-0.1, -0.05) is 50.3 Å². The highest BCUT2D eigenvalue weighted by Crippen LogP contribution is 2.39. The van der Waals surface area contributed by atoms with E-state index in [0.717, 1.165) is 23.1 Å². The number of benzene rings is 2. The fourth-order valence-corrected chi connectivity index (χ4v) is 3.34. The Morgan fingerprint density at radius 1 is 1.03 bits per heavy atom. The molecule has 1 aliphatic rings. The predicted molar refractivity (Wildman–Crippen MR) is 114 cm³/mol. The van der Waals surface area contributed by atoms with Crippen LogP contribution in [0.1, 0.15) is 61.2 Å².